The number of thiophene rings is 2. The molecule has 2 aromatic heterocycles. The van der Waals surface area contributed by atoms with Crippen LogP contribution >= 0.6 is 35.1 Å². The maximum absolute atomic E-state index is 12.4. The summed E-state index contributed by atoms with van der Waals surface area (Å²) in [6.45, 7) is 4.03. The van der Waals surface area contributed by atoms with Crippen LogP contribution in [0, 0.1) is 0 Å². The Morgan fingerprint density at radius 3 is 2.78 bits per heavy atom. The number of hydrogen-bond acceptors (Lipinski definition) is 5. The Morgan fingerprint density at radius 1 is 1.15 bits per heavy atom. The Hall–Kier alpha value is -1.41. The van der Waals surface area contributed by atoms with Crippen molar-refractivity contribution in [2.24, 2.45) is 0 Å². The van der Waals surface area contributed by atoms with Gasteiger partial charge in [0.15, 0.2) is 5.78 Å². The topological polar surface area (TPSA) is 70.2 Å². The Balaban J connectivity index is 0.00000210. The molecular formula is C19H24ClN3O2S2. The molecule has 8 heteroatoms. The van der Waals surface area contributed by atoms with E-state index in [1.165, 1.54) is 20.9 Å². The number of hydrogen-bond donors (Lipinski definition) is 3. The minimum absolute atomic E-state index is 0. The molecule has 0 atom stereocenters. The second kappa shape index (κ2) is 8.73. The molecule has 0 aromatic carbocycles. The Labute approximate surface area is 173 Å². The van der Waals surface area contributed by atoms with Gasteiger partial charge in [-0.25, -0.2) is 4.79 Å². The molecule has 1 aliphatic heterocycles. The number of anilines is 1. The third-order valence-corrected chi connectivity index (χ3v) is 7.38. The van der Waals surface area contributed by atoms with E-state index in [0.29, 0.717) is 11.5 Å². The minimum atomic E-state index is -0.236. The van der Waals surface area contributed by atoms with Crippen molar-refractivity contribution in [1.82, 2.24) is 10.6 Å². The molecule has 4 rings (SSSR count). The quantitative estimate of drug-likeness (QED) is 0.640. The molecule has 0 radical (unpaired) electrons. The summed E-state index contributed by atoms with van der Waals surface area (Å²) in [6, 6.07) is -0.236. The van der Waals surface area contributed by atoms with Crippen LogP contribution in [0.5, 0.6) is 0 Å². The van der Waals surface area contributed by atoms with E-state index >= 15 is 0 Å². The van der Waals surface area contributed by atoms with Gasteiger partial charge in [-0.3, -0.25) is 10.1 Å². The van der Waals surface area contributed by atoms with Gasteiger partial charge >= 0.3 is 6.03 Å². The molecule has 146 valence electrons. The zero-order chi connectivity index (χ0) is 18.1. The van der Waals surface area contributed by atoms with Crippen molar-refractivity contribution in [2.75, 3.05) is 11.9 Å². The van der Waals surface area contributed by atoms with Gasteiger partial charge in [0.2, 0.25) is 0 Å². The van der Waals surface area contributed by atoms with Crippen LogP contribution in [0.15, 0.2) is 5.38 Å². The number of fused-ring (bicyclic) bond motifs is 2. The van der Waals surface area contributed by atoms with E-state index in [2.05, 4.69) is 21.3 Å². The molecule has 0 saturated carbocycles. The summed E-state index contributed by atoms with van der Waals surface area (Å²) in [5.41, 5.74) is 4.46. The van der Waals surface area contributed by atoms with Crippen LogP contribution in [0.2, 0.25) is 0 Å². The lowest BCUT2D eigenvalue weighted by Crippen LogP contribution is -2.29. The monoisotopic (exact) mass is 425 g/mol. The number of rotatable bonds is 4. The molecule has 3 heterocycles. The lowest BCUT2D eigenvalue weighted by atomic mass is 9.94. The van der Waals surface area contributed by atoms with Crippen LogP contribution < -0.4 is 16.0 Å². The molecule has 0 fully saturated rings. The zero-order valence-electron chi connectivity index (χ0n) is 15.3. The minimum Gasteiger partial charge on any atom is -0.334 e. The van der Waals surface area contributed by atoms with Crippen LogP contribution in [-0.4, -0.2) is 18.4 Å². The van der Waals surface area contributed by atoms with E-state index in [-0.39, 0.29) is 24.2 Å². The van der Waals surface area contributed by atoms with Crippen molar-refractivity contribution >= 4 is 51.9 Å². The highest BCUT2D eigenvalue weighted by Gasteiger charge is 2.24. The summed E-state index contributed by atoms with van der Waals surface area (Å²) < 4.78 is 0. The van der Waals surface area contributed by atoms with E-state index in [9.17, 15) is 9.59 Å². The number of carbonyl (C=O) groups excluding carboxylic acids is 2. The summed E-state index contributed by atoms with van der Waals surface area (Å²) in [7, 11) is 0. The maximum atomic E-state index is 12.4. The van der Waals surface area contributed by atoms with Crippen LogP contribution in [0.4, 0.5) is 9.80 Å². The third kappa shape index (κ3) is 4.21. The standard InChI is InChI=1S/C19H23N3O2S2.ClH/c1-11(23)17-14-4-2-3-5-15(14)26-18(17)22-19(24)21-8-12-10-25-16-9-20-7-6-13(12)16;/h10,20H,2-9H2,1H3,(H2,21,22,24);1H. The summed E-state index contributed by atoms with van der Waals surface area (Å²) >= 11 is 3.32. The van der Waals surface area contributed by atoms with Gasteiger partial charge in [0.25, 0.3) is 0 Å². The average molecular weight is 426 g/mol. The Kier molecular flexibility index (Phi) is 6.57. The van der Waals surface area contributed by atoms with Crippen molar-refractivity contribution in [3.63, 3.8) is 0 Å². The smallest absolute Gasteiger partial charge is 0.320 e. The average Bonchev–Trinajstić information content (AvgIpc) is 3.20. The first-order valence-electron chi connectivity index (χ1n) is 9.12. The number of ketones is 1. The SMILES string of the molecule is CC(=O)c1c(NC(=O)NCc2csc3c2CCNC3)sc2c1CCCC2.Cl. The van der Waals surface area contributed by atoms with E-state index in [1.54, 1.807) is 29.6 Å². The van der Waals surface area contributed by atoms with Gasteiger partial charge in [-0.1, -0.05) is 0 Å². The van der Waals surface area contributed by atoms with Gasteiger partial charge in [-0.05, 0) is 67.6 Å². The summed E-state index contributed by atoms with van der Waals surface area (Å²) in [5.74, 6) is 0.0408. The van der Waals surface area contributed by atoms with Gasteiger partial charge in [0.1, 0.15) is 5.00 Å². The van der Waals surface area contributed by atoms with Crippen molar-refractivity contribution in [2.45, 2.75) is 52.1 Å². The predicted molar refractivity (Wildman–Crippen MR) is 114 cm³/mol. The molecule has 0 unspecified atom stereocenters. The van der Waals surface area contributed by atoms with Crippen LogP contribution in [-0.2, 0) is 32.4 Å². The van der Waals surface area contributed by atoms with E-state index < -0.39 is 0 Å². The molecule has 2 aliphatic rings. The lowest BCUT2D eigenvalue weighted by Gasteiger charge is -2.14. The fourth-order valence-corrected chi connectivity index (χ4v) is 6.23. The first-order chi connectivity index (χ1) is 12.6. The van der Waals surface area contributed by atoms with Gasteiger partial charge in [-0.15, -0.1) is 35.1 Å². The first kappa shape index (κ1) is 20.3. The van der Waals surface area contributed by atoms with Crippen LogP contribution in [0.25, 0.3) is 0 Å². The molecule has 3 N–H and O–H groups in total. The number of halogens is 1. The highest BCUT2D eigenvalue weighted by atomic mass is 35.5. The van der Waals surface area contributed by atoms with Crippen LogP contribution in [0.3, 0.4) is 0 Å². The Morgan fingerprint density at radius 2 is 1.96 bits per heavy atom. The highest BCUT2D eigenvalue weighted by molar-refractivity contribution is 7.17. The summed E-state index contributed by atoms with van der Waals surface area (Å²) in [4.78, 5) is 27.2. The lowest BCUT2D eigenvalue weighted by molar-refractivity contribution is 0.101. The predicted octanol–water partition coefficient (Wildman–Crippen LogP) is 4.28. The largest absolute Gasteiger partial charge is 0.334 e. The van der Waals surface area contributed by atoms with Gasteiger partial charge in [-0.2, -0.15) is 0 Å². The normalized spacial score (nSPS) is 15.3. The molecule has 2 amide bonds. The number of aryl methyl sites for hydroxylation is 1. The molecule has 27 heavy (non-hydrogen) atoms. The number of urea groups is 1. The Bertz CT molecular complexity index is 860. The van der Waals surface area contributed by atoms with E-state index in [4.69, 9.17) is 0 Å². The van der Waals surface area contributed by atoms with Gasteiger partial charge in [0.05, 0.1) is 5.56 Å². The molecular weight excluding hydrogens is 402 g/mol. The van der Waals surface area contributed by atoms with Gasteiger partial charge < -0.3 is 10.6 Å². The molecule has 5 nitrogen and oxygen atoms in total. The molecule has 1 aliphatic carbocycles. The number of nitrogens with one attached hydrogen (secondary N) is 3. The fraction of sp³-hybridized carbons (Fsp3) is 0.474. The summed E-state index contributed by atoms with van der Waals surface area (Å²) in [6.07, 6.45) is 5.25. The third-order valence-electron chi connectivity index (χ3n) is 5.09. The number of amides is 2. The van der Waals surface area contributed by atoms with Crippen molar-refractivity contribution in [1.29, 1.82) is 0 Å². The number of carbonyl (C=O) groups is 2. The molecule has 0 bridgehead atoms. The zero-order valence-corrected chi connectivity index (χ0v) is 17.7. The van der Waals surface area contributed by atoms with E-state index in [1.807, 2.05) is 0 Å². The maximum Gasteiger partial charge on any atom is 0.320 e. The molecule has 0 saturated heterocycles. The molecule has 0 spiro atoms. The first-order valence-corrected chi connectivity index (χ1v) is 10.8. The summed E-state index contributed by atoms with van der Waals surface area (Å²) in [5, 5.41) is 12.1. The fourth-order valence-electron chi connectivity index (χ4n) is 3.82. The highest BCUT2D eigenvalue weighted by Crippen LogP contribution is 2.38. The second-order valence-corrected chi connectivity index (χ2v) is 8.94. The van der Waals surface area contributed by atoms with Gasteiger partial charge in [0, 0.05) is 22.8 Å². The second-order valence-electron chi connectivity index (χ2n) is 6.87. The van der Waals surface area contributed by atoms with Crippen molar-refractivity contribution < 1.29 is 9.59 Å². The van der Waals surface area contributed by atoms with E-state index in [0.717, 1.165) is 56.3 Å². The number of Topliss-reactive ketones (excluding diaryl/α,β-unsaturated/α-hetero) is 1. The van der Waals surface area contributed by atoms with Crippen molar-refractivity contribution in [3.05, 3.63) is 37.4 Å². The van der Waals surface area contributed by atoms with Crippen LogP contribution in [0.1, 0.15) is 56.6 Å². The van der Waals surface area contributed by atoms with Crippen molar-refractivity contribution in [3.8, 4) is 0 Å². The molecule has 2 aromatic rings.